The Kier molecular flexibility index (Phi) is 9.93. The number of Topliss-reactive ketones (excluding diaryl/α,β-unsaturated/α-hetero) is 1. The van der Waals surface area contributed by atoms with E-state index in [4.69, 9.17) is 10.1 Å². The molecule has 0 aromatic heterocycles. The minimum absolute atomic E-state index is 0.0189. The van der Waals surface area contributed by atoms with Crippen LogP contribution in [-0.2, 0) is 14.3 Å². The highest BCUT2D eigenvalue weighted by Gasteiger charge is 2.30. The standard InChI is InChI=1S/C19H37N3O3/c1-12(2)10-16(14(5)23)22(9)18(20)15(6)25-19(24)17(21(7)8)11-13(3)4/h12-13,15-17,20H,10-11H2,1-9H3/t15-,16+,17+/m1/s1. The maximum atomic E-state index is 12.5. The molecule has 0 aromatic rings. The third kappa shape index (κ3) is 7.99. The van der Waals surface area contributed by atoms with Crippen molar-refractivity contribution in [3.8, 4) is 0 Å². The van der Waals surface area contributed by atoms with Gasteiger partial charge in [-0.1, -0.05) is 27.7 Å². The first-order chi connectivity index (χ1) is 11.4. The van der Waals surface area contributed by atoms with Gasteiger partial charge >= 0.3 is 5.97 Å². The number of hydrogen-bond donors (Lipinski definition) is 1. The molecule has 1 N–H and O–H groups in total. The summed E-state index contributed by atoms with van der Waals surface area (Å²) in [5.41, 5.74) is 0. The van der Waals surface area contributed by atoms with Crippen molar-refractivity contribution in [1.82, 2.24) is 9.80 Å². The van der Waals surface area contributed by atoms with E-state index in [2.05, 4.69) is 13.8 Å². The largest absolute Gasteiger partial charge is 0.453 e. The van der Waals surface area contributed by atoms with E-state index in [-0.39, 0.29) is 29.7 Å². The van der Waals surface area contributed by atoms with Crippen molar-refractivity contribution >= 4 is 17.6 Å². The minimum Gasteiger partial charge on any atom is -0.453 e. The highest BCUT2D eigenvalue weighted by atomic mass is 16.5. The molecule has 0 radical (unpaired) electrons. The van der Waals surface area contributed by atoms with Crippen molar-refractivity contribution in [3.63, 3.8) is 0 Å². The summed E-state index contributed by atoms with van der Waals surface area (Å²) in [6.45, 7) is 11.4. The molecule has 0 aliphatic rings. The van der Waals surface area contributed by atoms with Crippen molar-refractivity contribution < 1.29 is 14.3 Å². The quantitative estimate of drug-likeness (QED) is 0.370. The Hall–Kier alpha value is -1.43. The van der Waals surface area contributed by atoms with Crippen LogP contribution in [0.5, 0.6) is 0 Å². The van der Waals surface area contributed by atoms with Crippen LogP contribution >= 0.6 is 0 Å². The molecule has 0 bridgehead atoms. The number of esters is 1. The molecule has 6 heteroatoms. The average Bonchev–Trinajstić information content (AvgIpc) is 2.47. The van der Waals surface area contributed by atoms with Gasteiger partial charge in [0.2, 0.25) is 0 Å². The van der Waals surface area contributed by atoms with E-state index in [0.717, 1.165) is 0 Å². The number of likely N-dealkylation sites (N-methyl/N-ethyl adjacent to an activating group) is 2. The van der Waals surface area contributed by atoms with Crippen molar-refractivity contribution in [2.75, 3.05) is 21.1 Å². The third-order valence-electron chi connectivity index (χ3n) is 4.28. The van der Waals surface area contributed by atoms with Gasteiger partial charge in [-0.25, -0.2) is 0 Å². The van der Waals surface area contributed by atoms with E-state index in [0.29, 0.717) is 24.7 Å². The highest BCUT2D eigenvalue weighted by molar-refractivity contribution is 5.91. The molecule has 0 aliphatic heterocycles. The third-order valence-corrected chi connectivity index (χ3v) is 4.28. The van der Waals surface area contributed by atoms with Crippen LogP contribution in [-0.4, -0.2) is 66.7 Å². The molecule has 0 fully saturated rings. The van der Waals surface area contributed by atoms with E-state index in [1.54, 1.807) is 18.9 Å². The molecule has 0 rings (SSSR count). The Morgan fingerprint density at radius 2 is 1.36 bits per heavy atom. The van der Waals surface area contributed by atoms with Gasteiger partial charge in [-0.05, 0) is 52.6 Å². The number of nitrogens with zero attached hydrogens (tertiary/aromatic N) is 2. The molecule has 0 aliphatic carbocycles. The number of carbonyl (C=O) groups is 2. The summed E-state index contributed by atoms with van der Waals surface area (Å²) in [5.74, 6) is 0.547. The number of hydrogen-bond acceptors (Lipinski definition) is 5. The lowest BCUT2D eigenvalue weighted by Gasteiger charge is -2.33. The number of ketones is 1. The maximum Gasteiger partial charge on any atom is 0.324 e. The van der Waals surface area contributed by atoms with Gasteiger partial charge in [0.1, 0.15) is 11.9 Å². The molecule has 0 aromatic carbocycles. The fourth-order valence-corrected chi connectivity index (χ4v) is 2.77. The number of amidine groups is 1. The molecule has 0 saturated heterocycles. The van der Waals surface area contributed by atoms with Gasteiger partial charge < -0.3 is 9.64 Å². The average molecular weight is 356 g/mol. The van der Waals surface area contributed by atoms with E-state index in [1.165, 1.54) is 6.92 Å². The van der Waals surface area contributed by atoms with E-state index < -0.39 is 6.10 Å². The van der Waals surface area contributed by atoms with Crippen LogP contribution in [0.3, 0.4) is 0 Å². The molecule has 0 unspecified atom stereocenters. The lowest BCUT2D eigenvalue weighted by atomic mass is 9.99. The predicted molar refractivity (Wildman–Crippen MR) is 102 cm³/mol. The first-order valence-corrected chi connectivity index (χ1v) is 9.07. The lowest BCUT2D eigenvalue weighted by molar-refractivity contribution is -0.151. The lowest BCUT2D eigenvalue weighted by Crippen LogP contribution is -2.48. The van der Waals surface area contributed by atoms with Crippen LogP contribution in [0, 0.1) is 17.2 Å². The van der Waals surface area contributed by atoms with Gasteiger partial charge in [0.25, 0.3) is 0 Å². The molecular weight excluding hydrogens is 318 g/mol. The molecule has 0 heterocycles. The van der Waals surface area contributed by atoms with E-state index >= 15 is 0 Å². The van der Waals surface area contributed by atoms with Crippen LogP contribution in [0.15, 0.2) is 0 Å². The fourth-order valence-electron chi connectivity index (χ4n) is 2.77. The zero-order valence-electron chi connectivity index (χ0n) is 17.4. The van der Waals surface area contributed by atoms with Crippen LogP contribution in [0.1, 0.15) is 54.4 Å². The zero-order chi connectivity index (χ0) is 19.9. The molecule has 146 valence electrons. The summed E-state index contributed by atoms with van der Waals surface area (Å²) >= 11 is 0. The summed E-state index contributed by atoms with van der Waals surface area (Å²) < 4.78 is 5.53. The van der Waals surface area contributed by atoms with Gasteiger partial charge in [-0.3, -0.25) is 19.9 Å². The molecule has 0 saturated carbocycles. The maximum absolute atomic E-state index is 12.5. The van der Waals surface area contributed by atoms with Gasteiger partial charge in [0.15, 0.2) is 11.9 Å². The molecule has 0 spiro atoms. The van der Waals surface area contributed by atoms with Crippen LogP contribution in [0.4, 0.5) is 0 Å². The highest BCUT2D eigenvalue weighted by Crippen LogP contribution is 2.15. The Balaban J connectivity index is 5.02. The van der Waals surface area contributed by atoms with Crippen LogP contribution in [0.2, 0.25) is 0 Å². The zero-order valence-corrected chi connectivity index (χ0v) is 17.4. The number of nitrogens with one attached hydrogen (secondary N) is 1. The first kappa shape index (κ1) is 23.6. The first-order valence-electron chi connectivity index (χ1n) is 9.07. The Labute approximate surface area is 153 Å². The summed E-state index contributed by atoms with van der Waals surface area (Å²) in [6.07, 6.45) is 0.675. The molecule has 25 heavy (non-hydrogen) atoms. The van der Waals surface area contributed by atoms with Crippen molar-refractivity contribution in [3.05, 3.63) is 0 Å². The van der Waals surface area contributed by atoms with Crippen LogP contribution in [0.25, 0.3) is 0 Å². The SMILES string of the molecule is CC(=O)[C@H](CC(C)C)N(C)C(=N)[C@@H](C)OC(=O)[C@H](CC(C)C)N(C)C. The summed E-state index contributed by atoms with van der Waals surface area (Å²) in [5, 5.41) is 8.33. The van der Waals surface area contributed by atoms with Crippen molar-refractivity contribution in [1.29, 1.82) is 5.41 Å². The van der Waals surface area contributed by atoms with Crippen molar-refractivity contribution in [2.24, 2.45) is 11.8 Å². The predicted octanol–water partition coefficient (Wildman–Crippen LogP) is 2.81. The topological polar surface area (TPSA) is 73.7 Å². The van der Waals surface area contributed by atoms with Crippen molar-refractivity contribution in [2.45, 2.75) is 72.6 Å². The van der Waals surface area contributed by atoms with Gasteiger partial charge in [-0.2, -0.15) is 0 Å². The van der Waals surface area contributed by atoms with E-state index in [9.17, 15) is 9.59 Å². The molecule has 0 amide bonds. The molecule has 3 atom stereocenters. The minimum atomic E-state index is -0.693. The summed E-state index contributed by atoms with van der Waals surface area (Å²) in [4.78, 5) is 27.9. The van der Waals surface area contributed by atoms with E-state index in [1.807, 2.05) is 32.8 Å². The van der Waals surface area contributed by atoms with Gasteiger partial charge in [-0.15, -0.1) is 0 Å². The Bertz CT molecular complexity index is 461. The van der Waals surface area contributed by atoms with Gasteiger partial charge in [0, 0.05) is 7.05 Å². The molecular formula is C19H37N3O3. The Morgan fingerprint density at radius 1 is 0.920 bits per heavy atom. The fraction of sp³-hybridized carbons (Fsp3) is 0.842. The second kappa shape index (κ2) is 10.5. The molecule has 6 nitrogen and oxygen atoms in total. The summed E-state index contributed by atoms with van der Waals surface area (Å²) in [7, 11) is 5.42. The summed E-state index contributed by atoms with van der Waals surface area (Å²) in [6, 6.07) is -0.700. The Morgan fingerprint density at radius 3 is 1.72 bits per heavy atom. The monoisotopic (exact) mass is 355 g/mol. The normalized spacial score (nSPS) is 15.2. The second-order valence-corrected chi connectivity index (χ2v) is 7.94. The van der Waals surface area contributed by atoms with Gasteiger partial charge in [0.05, 0.1) is 6.04 Å². The number of rotatable bonds is 10. The number of carbonyl (C=O) groups excluding carboxylic acids is 2. The van der Waals surface area contributed by atoms with Crippen LogP contribution < -0.4 is 0 Å². The number of ether oxygens (including phenoxy) is 1. The smallest absolute Gasteiger partial charge is 0.324 e. The second-order valence-electron chi connectivity index (χ2n) is 7.94.